The van der Waals surface area contributed by atoms with Gasteiger partial charge < -0.3 is 9.47 Å². The van der Waals surface area contributed by atoms with Gasteiger partial charge in [0, 0.05) is 6.07 Å². The van der Waals surface area contributed by atoms with Gasteiger partial charge in [-0.3, -0.25) is 5.32 Å². The van der Waals surface area contributed by atoms with Crippen molar-refractivity contribution in [1.82, 2.24) is 0 Å². The third kappa shape index (κ3) is 4.53. The van der Waals surface area contributed by atoms with Gasteiger partial charge in [-0.25, -0.2) is 4.79 Å². The van der Waals surface area contributed by atoms with E-state index in [0.717, 1.165) is 0 Å². The van der Waals surface area contributed by atoms with Crippen molar-refractivity contribution < 1.29 is 14.3 Å². The van der Waals surface area contributed by atoms with Crippen LogP contribution < -0.4 is 10.1 Å². The Morgan fingerprint density at radius 1 is 1.35 bits per heavy atom. The molecule has 1 rings (SSSR count). The number of carbonyl (C=O) groups excluding carboxylic acids is 1. The maximum atomic E-state index is 11.5. The Bertz CT molecular complexity index is 413. The first-order chi connectivity index (χ1) is 7.81. The highest BCUT2D eigenvalue weighted by atomic mass is 35.5. The fraction of sp³-hybridized carbons (Fsp3) is 0.417. The number of anilines is 1. The molecule has 17 heavy (non-hydrogen) atoms. The quantitative estimate of drug-likeness (QED) is 0.879. The van der Waals surface area contributed by atoms with E-state index in [0.29, 0.717) is 16.5 Å². The third-order valence-corrected chi connectivity index (χ3v) is 2.12. The number of carbonyl (C=O) groups is 1. The van der Waals surface area contributed by atoms with Crippen LogP contribution in [0, 0.1) is 0 Å². The molecule has 0 aliphatic carbocycles. The first kappa shape index (κ1) is 13.6. The van der Waals surface area contributed by atoms with E-state index in [2.05, 4.69) is 5.32 Å². The number of benzene rings is 1. The van der Waals surface area contributed by atoms with Crippen molar-refractivity contribution in [2.75, 3.05) is 12.4 Å². The topological polar surface area (TPSA) is 47.6 Å². The smallest absolute Gasteiger partial charge is 0.412 e. The van der Waals surface area contributed by atoms with Gasteiger partial charge in [0.05, 0.1) is 17.8 Å². The van der Waals surface area contributed by atoms with Crippen molar-refractivity contribution in [2.24, 2.45) is 0 Å². The molecule has 0 saturated heterocycles. The largest absolute Gasteiger partial charge is 0.497 e. The van der Waals surface area contributed by atoms with Gasteiger partial charge in [-0.15, -0.1) is 0 Å². The fourth-order valence-electron chi connectivity index (χ4n) is 1.14. The van der Waals surface area contributed by atoms with Gasteiger partial charge in [0.2, 0.25) is 0 Å². The van der Waals surface area contributed by atoms with Crippen LogP contribution in [-0.4, -0.2) is 18.8 Å². The molecule has 0 atom stereocenters. The molecule has 0 aromatic heterocycles. The van der Waals surface area contributed by atoms with Crippen LogP contribution in [0.1, 0.15) is 20.8 Å². The number of hydrogen-bond donors (Lipinski definition) is 1. The fourth-order valence-corrected chi connectivity index (χ4v) is 1.36. The summed E-state index contributed by atoms with van der Waals surface area (Å²) in [6.07, 6.45) is -0.537. The molecule has 0 unspecified atom stereocenters. The van der Waals surface area contributed by atoms with E-state index < -0.39 is 11.7 Å². The molecule has 1 amide bonds. The number of hydrogen-bond acceptors (Lipinski definition) is 3. The molecule has 0 radical (unpaired) electrons. The standard InChI is InChI=1S/C12H16ClNO3/c1-12(2,3)17-11(15)14-10-6-5-8(16-4)7-9(10)13/h5-7H,1-4H3,(H,14,15). The molecular formula is C12H16ClNO3. The molecule has 0 aliphatic rings. The first-order valence-electron chi connectivity index (χ1n) is 5.15. The predicted octanol–water partition coefficient (Wildman–Crippen LogP) is 3.70. The van der Waals surface area contributed by atoms with Crippen molar-refractivity contribution in [3.63, 3.8) is 0 Å². The molecule has 1 N–H and O–H groups in total. The van der Waals surface area contributed by atoms with Crippen molar-refractivity contribution in [3.8, 4) is 5.75 Å². The van der Waals surface area contributed by atoms with E-state index in [-0.39, 0.29) is 0 Å². The van der Waals surface area contributed by atoms with Gasteiger partial charge in [-0.05, 0) is 32.9 Å². The van der Waals surface area contributed by atoms with E-state index in [9.17, 15) is 4.79 Å². The predicted molar refractivity (Wildman–Crippen MR) is 67.9 cm³/mol. The lowest BCUT2D eigenvalue weighted by atomic mass is 10.2. The molecule has 0 fully saturated rings. The second-order valence-electron chi connectivity index (χ2n) is 4.47. The summed E-state index contributed by atoms with van der Waals surface area (Å²) in [6.45, 7) is 5.38. The molecule has 0 heterocycles. The number of methoxy groups -OCH3 is 1. The SMILES string of the molecule is COc1ccc(NC(=O)OC(C)(C)C)c(Cl)c1. The van der Waals surface area contributed by atoms with Gasteiger partial charge >= 0.3 is 6.09 Å². The van der Waals surface area contributed by atoms with Crippen molar-refractivity contribution >= 4 is 23.4 Å². The van der Waals surface area contributed by atoms with E-state index in [1.165, 1.54) is 0 Å². The Morgan fingerprint density at radius 2 is 2.00 bits per heavy atom. The van der Waals surface area contributed by atoms with Gasteiger partial charge in [0.15, 0.2) is 0 Å². The number of ether oxygens (including phenoxy) is 2. The van der Waals surface area contributed by atoms with E-state index >= 15 is 0 Å². The highest BCUT2D eigenvalue weighted by Crippen LogP contribution is 2.26. The lowest BCUT2D eigenvalue weighted by molar-refractivity contribution is 0.0636. The molecule has 0 aliphatic heterocycles. The first-order valence-corrected chi connectivity index (χ1v) is 5.53. The molecular weight excluding hydrogens is 242 g/mol. The Labute approximate surface area is 106 Å². The van der Waals surface area contributed by atoms with Crippen LogP contribution in [0.2, 0.25) is 5.02 Å². The lowest BCUT2D eigenvalue weighted by Crippen LogP contribution is -2.27. The summed E-state index contributed by atoms with van der Waals surface area (Å²) in [5.41, 5.74) is -0.0510. The average molecular weight is 258 g/mol. The highest BCUT2D eigenvalue weighted by molar-refractivity contribution is 6.33. The van der Waals surface area contributed by atoms with E-state index in [1.807, 2.05) is 0 Å². The van der Waals surface area contributed by atoms with Gasteiger partial charge in [0.25, 0.3) is 0 Å². The maximum Gasteiger partial charge on any atom is 0.412 e. The van der Waals surface area contributed by atoms with E-state index in [1.54, 1.807) is 46.1 Å². The van der Waals surface area contributed by atoms with Crippen molar-refractivity contribution in [2.45, 2.75) is 26.4 Å². The van der Waals surface area contributed by atoms with Crippen LogP contribution in [0.4, 0.5) is 10.5 Å². The third-order valence-electron chi connectivity index (χ3n) is 1.81. The van der Waals surface area contributed by atoms with Gasteiger partial charge in [0.1, 0.15) is 11.4 Å². The van der Waals surface area contributed by atoms with Crippen LogP contribution in [0.3, 0.4) is 0 Å². The van der Waals surface area contributed by atoms with Crippen molar-refractivity contribution in [3.05, 3.63) is 23.2 Å². The van der Waals surface area contributed by atoms with E-state index in [4.69, 9.17) is 21.1 Å². The average Bonchev–Trinajstić information content (AvgIpc) is 2.18. The normalized spacial score (nSPS) is 10.9. The Hall–Kier alpha value is -1.42. The Kier molecular flexibility index (Phi) is 4.23. The molecule has 1 aromatic rings. The number of rotatable bonds is 2. The van der Waals surface area contributed by atoms with Crippen LogP contribution in [0.15, 0.2) is 18.2 Å². The Balaban J connectivity index is 2.72. The molecule has 94 valence electrons. The monoisotopic (exact) mass is 257 g/mol. The van der Waals surface area contributed by atoms with Gasteiger partial charge in [-0.2, -0.15) is 0 Å². The van der Waals surface area contributed by atoms with Crippen LogP contribution in [-0.2, 0) is 4.74 Å². The number of nitrogens with one attached hydrogen (secondary N) is 1. The zero-order valence-corrected chi connectivity index (χ0v) is 11.1. The lowest BCUT2D eigenvalue weighted by Gasteiger charge is -2.20. The minimum Gasteiger partial charge on any atom is -0.497 e. The second-order valence-corrected chi connectivity index (χ2v) is 4.88. The summed E-state index contributed by atoms with van der Waals surface area (Å²) >= 11 is 5.97. The molecule has 4 nitrogen and oxygen atoms in total. The van der Waals surface area contributed by atoms with Crippen LogP contribution >= 0.6 is 11.6 Å². The molecule has 1 aromatic carbocycles. The highest BCUT2D eigenvalue weighted by Gasteiger charge is 2.17. The minimum absolute atomic E-state index is 0.398. The van der Waals surface area contributed by atoms with Crippen LogP contribution in [0.5, 0.6) is 5.75 Å². The van der Waals surface area contributed by atoms with Crippen LogP contribution in [0.25, 0.3) is 0 Å². The summed E-state index contributed by atoms with van der Waals surface area (Å²) in [6, 6.07) is 4.98. The molecule has 0 spiro atoms. The number of halogens is 1. The number of amides is 1. The maximum absolute atomic E-state index is 11.5. The zero-order valence-electron chi connectivity index (χ0n) is 10.3. The van der Waals surface area contributed by atoms with Crippen molar-refractivity contribution in [1.29, 1.82) is 0 Å². The Morgan fingerprint density at radius 3 is 2.47 bits per heavy atom. The summed E-state index contributed by atoms with van der Waals surface area (Å²) in [5, 5.41) is 2.97. The minimum atomic E-state index is -0.539. The molecule has 0 saturated carbocycles. The molecule has 5 heteroatoms. The summed E-state index contributed by atoms with van der Waals surface area (Å²) in [5.74, 6) is 0.629. The second kappa shape index (κ2) is 5.27. The summed E-state index contributed by atoms with van der Waals surface area (Å²) < 4.78 is 10.1. The summed E-state index contributed by atoms with van der Waals surface area (Å²) in [7, 11) is 1.55. The zero-order chi connectivity index (χ0) is 13.1. The van der Waals surface area contributed by atoms with Gasteiger partial charge in [-0.1, -0.05) is 11.6 Å². The molecule has 0 bridgehead atoms. The summed E-state index contributed by atoms with van der Waals surface area (Å²) in [4.78, 5) is 11.5.